The molecule has 1 unspecified atom stereocenters. The Labute approximate surface area is 170 Å². The Morgan fingerprint density at radius 2 is 1.66 bits per heavy atom. The van der Waals surface area contributed by atoms with Gasteiger partial charge in [-0.25, -0.2) is 9.48 Å². The Balaban J connectivity index is 1.99. The molecular formula is C23H25N3O3. The summed E-state index contributed by atoms with van der Waals surface area (Å²) < 4.78 is 6.54. The molecule has 0 saturated heterocycles. The fraction of sp³-hybridized carbons (Fsp3) is 0.261. The molecule has 2 aromatic carbocycles. The second-order valence-corrected chi connectivity index (χ2v) is 7.22. The maximum absolute atomic E-state index is 13.1. The number of nitrogens with one attached hydrogen (secondary N) is 1. The van der Waals surface area contributed by atoms with Crippen LogP contribution in [0.5, 0.6) is 0 Å². The number of rotatable bonds is 7. The molecule has 1 amide bonds. The van der Waals surface area contributed by atoms with Crippen molar-refractivity contribution in [2.24, 2.45) is 5.92 Å². The first-order chi connectivity index (χ1) is 14.0. The number of ether oxygens (including phenoxy) is 1. The molecule has 6 heteroatoms. The van der Waals surface area contributed by atoms with Crippen LogP contribution in [0.25, 0.3) is 16.9 Å². The molecule has 1 atom stereocenters. The monoisotopic (exact) mass is 391 g/mol. The third-order valence-electron chi connectivity index (χ3n) is 4.52. The van der Waals surface area contributed by atoms with E-state index < -0.39 is 12.0 Å². The lowest BCUT2D eigenvalue weighted by atomic mass is 10.0. The summed E-state index contributed by atoms with van der Waals surface area (Å²) >= 11 is 0. The minimum atomic E-state index is -0.712. The number of hydrogen-bond donors (Lipinski definition) is 1. The molecule has 1 aromatic heterocycles. The molecule has 0 bridgehead atoms. The van der Waals surface area contributed by atoms with Crippen molar-refractivity contribution in [2.75, 3.05) is 7.11 Å². The maximum Gasteiger partial charge on any atom is 0.328 e. The van der Waals surface area contributed by atoms with Gasteiger partial charge in [0.25, 0.3) is 5.91 Å². The average Bonchev–Trinajstić information content (AvgIpc) is 3.19. The zero-order valence-electron chi connectivity index (χ0n) is 16.8. The van der Waals surface area contributed by atoms with Crippen LogP contribution in [0.15, 0.2) is 66.9 Å². The van der Waals surface area contributed by atoms with Crippen molar-refractivity contribution in [2.45, 2.75) is 26.3 Å². The summed E-state index contributed by atoms with van der Waals surface area (Å²) in [5, 5.41) is 7.47. The Hall–Kier alpha value is -3.41. The van der Waals surface area contributed by atoms with E-state index in [1.54, 1.807) is 10.9 Å². The number of aromatic nitrogens is 2. The first kappa shape index (κ1) is 20.3. The van der Waals surface area contributed by atoms with Gasteiger partial charge in [0, 0.05) is 11.8 Å². The summed E-state index contributed by atoms with van der Waals surface area (Å²) in [7, 11) is 1.32. The van der Waals surface area contributed by atoms with Crippen molar-refractivity contribution in [1.29, 1.82) is 0 Å². The first-order valence-corrected chi connectivity index (χ1v) is 9.58. The van der Waals surface area contributed by atoms with E-state index in [0.29, 0.717) is 17.7 Å². The van der Waals surface area contributed by atoms with Crippen LogP contribution in [0.2, 0.25) is 0 Å². The number of carbonyl (C=O) groups excluding carboxylic acids is 2. The zero-order valence-corrected chi connectivity index (χ0v) is 16.8. The molecule has 6 nitrogen and oxygen atoms in total. The number of para-hydroxylation sites is 1. The number of benzene rings is 2. The summed E-state index contributed by atoms with van der Waals surface area (Å²) in [5.41, 5.74) is 2.62. The molecule has 29 heavy (non-hydrogen) atoms. The highest BCUT2D eigenvalue weighted by atomic mass is 16.5. The molecule has 0 fully saturated rings. The third-order valence-corrected chi connectivity index (χ3v) is 4.52. The number of hydrogen-bond acceptors (Lipinski definition) is 4. The SMILES string of the molecule is COC(=O)C(CC(C)C)NC(=O)c1cn(-c2ccccc2)nc1-c1ccccc1. The Morgan fingerprint density at radius 1 is 1.03 bits per heavy atom. The first-order valence-electron chi connectivity index (χ1n) is 9.58. The number of nitrogens with zero attached hydrogens (tertiary/aromatic N) is 2. The van der Waals surface area contributed by atoms with E-state index in [9.17, 15) is 9.59 Å². The van der Waals surface area contributed by atoms with Gasteiger partial charge in [-0.15, -0.1) is 0 Å². The van der Waals surface area contributed by atoms with Gasteiger partial charge in [-0.2, -0.15) is 5.10 Å². The van der Waals surface area contributed by atoms with Crippen LogP contribution < -0.4 is 5.32 Å². The number of esters is 1. The second-order valence-electron chi connectivity index (χ2n) is 7.22. The van der Waals surface area contributed by atoms with Crippen LogP contribution >= 0.6 is 0 Å². The predicted molar refractivity (Wildman–Crippen MR) is 112 cm³/mol. The maximum atomic E-state index is 13.1. The molecule has 0 aliphatic heterocycles. The highest BCUT2D eigenvalue weighted by molar-refractivity contribution is 6.01. The quantitative estimate of drug-likeness (QED) is 0.621. The minimum Gasteiger partial charge on any atom is -0.467 e. The molecular weight excluding hydrogens is 366 g/mol. The van der Waals surface area contributed by atoms with E-state index >= 15 is 0 Å². The molecule has 3 rings (SSSR count). The fourth-order valence-electron chi connectivity index (χ4n) is 3.13. The van der Waals surface area contributed by atoms with Crippen LogP contribution in [0.1, 0.15) is 30.6 Å². The molecule has 3 aromatic rings. The summed E-state index contributed by atoms with van der Waals surface area (Å²) in [6.07, 6.45) is 2.18. The molecule has 0 aliphatic carbocycles. The van der Waals surface area contributed by atoms with Crippen LogP contribution in [0.3, 0.4) is 0 Å². The van der Waals surface area contributed by atoms with Gasteiger partial charge in [0.2, 0.25) is 0 Å². The van der Waals surface area contributed by atoms with Crippen molar-refractivity contribution in [3.63, 3.8) is 0 Å². The van der Waals surface area contributed by atoms with Gasteiger partial charge in [0.05, 0.1) is 18.4 Å². The van der Waals surface area contributed by atoms with Gasteiger partial charge >= 0.3 is 5.97 Å². The van der Waals surface area contributed by atoms with Crippen LogP contribution in [-0.2, 0) is 9.53 Å². The topological polar surface area (TPSA) is 73.2 Å². The van der Waals surface area contributed by atoms with Crippen LogP contribution in [-0.4, -0.2) is 34.8 Å². The zero-order chi connectivity index (χ0) is 20.8. The molecule has 0 radical (unpaired) electrons. The van der Waals surface area contributed by atoms with Gasteiger partial charge < -0.3 is 10.1 Å². The Bertz CT molecular complexity index is 966. The lowest BCUT2D eigenvalue weighted by Crippen LogP contribution is -2.42. The normalized spacial score (nSPS) is 11.9. The predicted octanol–water partition coefficient (Wildman–Crippen LogP) is 3.86. The molecule has 1 N–H and O–H groups in total. The summed E-state index contributed by atoms with van der Waals surface area (Å²) in [6, 6.07) is 18.4. The van der Waals surface area contributed by atoms with Gasteiger partial charge in [-0.1, -0.05) is 62.4 Å². The van der Waals surface area contributed by atoms with Crippen molar-refractivity contribution in [3.8, 4) is 16.9 Å². The van der Waals surface area contributed by atoms with E-state index in [0.717, 1.165) is 11.3 Å². The fourth-order valence-corrected chi connectivity index (χ4v) is 3.13. The van der Waals surface area contributed by atoms with Crippen molar-refractivity contribution in [1.82, 2.24) is 15.1 Å². The second kappa shape index (κ2) is 9.19. The van der Waals surface area contributed by atoms with Gasteiger partial charge in [-0.05, 0) is 24.5 Å². The van der Waals surface area contributed by atoms with Gasteiger partial charge in [-0.3, -0.25) is 4.79 Å². The molecule has 0 saturated carbocycles. The summed E-state index contributed by atoms with van der Waals surface area (Å²) in [6.45, 7) is 3.98. The van der Waals surface area contributed by atoms with Crippen molar-refractivity contribution >= 4 is 11.9 Å². The standard InChI is InChI=1S/C23H25N3O3/c1-16(2)14-20(23(28)29-3)24-22(27)19-15-26(18-12-8-5-9-13-18)25-21(19)17-10-6-4-7-11-17/h4-13,15-16,20H,14H2,1-3H3,(H,24,27). The van der Waals surface area contributed by atoms with Crippen molar-refractivity contribution < 1.29 is 14.3 Å². The summed E-state index contributed by atoms with van der Waals surface area (Å²) in [4.78, 5) is 25.3. The van der Waals surface area contributed by atoms with Crippen LogP contribution in [0, 0.1) is 5.92 Å². The molecule has 0 aliphatic rings. The molecule has 1 heterocycles. The van der Waals surface area contributed by atoms with Crippen LogP contribution in [0.4, 0.5) is 0 Å². The lowest BCUT2D eigenvalue weighted by molar-refractivity contribution is -0.143. The largest absolute Gasteiger partial charge is 0.467 e. The molecule has 150 valence electrons. The smallest absolute Gasteiger partial charge is 0.328 e. The lowest BCUT2D eigenvalue weighted by Gasteiger charge is -2.18. The minimum absolute atomic E-state index is 0.222. The van der Waals surface area contributed by atoms with E-state index in [1.807, 2.05) is 74.5 Å². The third kappa shape index (κ3) is 4.90. The van der Waals surface area contributed by atoms with E-state index in [-0.39, 0.29) is 11.8 Å². The van der Waals surface area contributed by atoms with Crippen molar-refractivity contribution in [3.05, 3.63) is 72.4 Å². The average molecular weight is 391 g/mol. The highest BCUT2D eigenvalue weighted by Crippen LogP contribution is 2.24. The van der Waals surface area contributed by atoms with Gasteiger partial charge in [0.15, 0.2) is 0 Å². The highest BCUT2D eigenvalue weighted by Gasteiger charge is 2.26. The molecule has 0 spiro atoms. The van der Waals surface area contributed by atoms with E-state index in [2.05, 4.69) is 10.4 Å². The number of carbonyl (C=O) groups is 2. The summed E-state index contributed by atoms with van der Waals surface area (Å²) in [5.74, 6) is -0.592. The number of methoxy groups -OCH3 is 1. The van der Waals surface area contributed by atoms with E-state index in [1.165, 1.54) is 7.11 Å². The van der Waals surface area contributed by atoms with Gasteiger partial charge in [0.1, 0.15) is 11.7 Å². The van der Waals surface area contributed by atoms with E-state index in [4.69, 9.17) is 4.74 Å². The number of amides is 1. The Morgan fingerprint density at radius 3 is 2.24 bits per heavy atom. The Kier molecular flexibility index (Phi) is 6.44.